The van der Waals surface area contributed by atoms with Crippen molar-refractivity contribution >= 4 is 21.9 Å². The van der Waals surface area contributed by atoms with Gasteiger partial charge in [-0.05, 0) is 31.5 Å². The van der Waals surface area contributed by atoms with Crippen LogP contribution in [0.4, 0.5) is 5.95 Å². The Labute approximate surface area is 121 Å². The van der Waals surface area contributed by atoms with E-state index in [4.69, 9.17) is 4.74 Å². The lowest BCUT2D eigenvalue weighted by Crippen LogP contribution is -2.09. The highest BCUT2D eigenvalue weighted by molar-refractivity contribution is 9.10. The molecule has 0 fully saturated rings. The van der Waals surface area contributed by atoms with Crippen molar-refractivity contribution in [3.63, 3.8) is 0 Å². The number of hydrogen-bond acceptors (Lipinski definition) is 4. The maximum Gasteiger partial charge on any atom is 0.226 e. The fourth-order valence-corrected chi connectivity index (χ4v) is 1.93. The van der Waals surface area contributed by atoms with Gasteiger partial charge in [0.25, 0.3) is 0 Å². The van der Waals surface area contributed by atoms with Gasteiger partial charge in [0.05, 0.1) is 12.6 Å². The topological polar surface area (TPSA) is 47.0 Å². The van der Waals surface area contributed by atoms with Gasteiger partial charge in [-0.25, -0.2) is 4.98 Å². The molecule has 0 amide bonds. The molecule has 0 spiro atoms. The van der Waals surface area contributed by atoms with Crippen LogP contribution in [0.3, 0.4) is 0 Å². The van der Waals surface area contributed by atoms with E-state index in [0.29, 0.717) is 18.4 Å². The highest BCUT2D eigenvalue weighted by Gasteiger charge is 2.07. The second-order valence-electron chi connectivity index (χ2n) is 4.07. The fraction of sp³-hybridized carbons (Fsp3) is 0.286. The van der Waals surface area contributed by atoms with Crippen molar-refractivity contribution in [3.8, 4) is 5.88 Å². The average Bonchev–Trinajstić information content (AvgIpc) is 2.40. The number of aromatic nitrogens is 2. The quantitative estimate of drug-likeness (QED) is 0.909. The van der Waals surface area contributed by atoms with Crippen molar-refractivity contribution in [3.05, 3.63) is 46.6 Å². The number of nitrogens with one attached hydrogen (secondary N) is 1. The summed E-state index contributed by atoms with van der Waals surface area (Å²) in [4.78, 5) is 8.49. The van der Waals surface area contributed by atoms with Crippen LogP contribution in [0.25, 0.3) is 0 Å². The minimum absolute atomic E-state index is 0.130. The number of benzene rings is 1. The molecule has 0 aliphatic rings. The predicted octanol–water partition coefficient (Wildman–Crippen LogP) is 3.81. The maximum absolute atomic E-state index is 5.35. The lowest BCUT2D eigenvalue weighted by Gasteiger charge is -2.14. The summed E-state index contributed by atoms with van der Waals surface area (Å²) in [5.41, 5.74) is 1.17. The molecule has 1 atom stereocenters. The molecule has 1 N–H and O–H groups in total. The highest BCUT2D eigenvalue weighted by Crippen LogP contribution is 2.20. The second-order valence-corrected chi connectivity index (χ2v) is 4.98. The van der Waals surface area contributed by atoms with Gasteiger partial charge in [0.15, 0.2) is 0 Å². The van der Waals surface area contributed by atoms with Crippen molar-refractivity contribution in [2.24, 2.45) is 0 Å². The van der Waals surface area contributed by atoms with E-state index in [1.807, 2.05) is 19.1 Å². The van der Waals surface area contributed by atoms with Gasteiger partial charge >= 0.3 is 0 Å². The first kappa shape index (κ1) is 13.8. The summed E-state index contributed by atoms with van der Waals surface area (Å²) >= 11 is 3.43. The van der Waals surface area contributed by atoms with Crippen molar-refractivity contribution in [1.29, 1.82) is 0 Å². The van der Waals surface area contributed by atoms with Gasteiger partial charge in [-0.3, -0.25) is 0 Å². The Balaban J connectivity index is 2.07. The summed E-state index contributed by atoms with van der Waals surface area (Å²) in [6.07, 6.45) is 1.69. The van der Waals surface area contributed by atoms with Crippen LogP contribution in [0, 0.1) is 0 Å². The van der Waals surface area contributed by atoms with Crippen molar-refractivity contribution in [2.45, 2.75) is 19.9 Å². The van der Waals surface area contributed by atoms with Crippen molar-refractivity contribution < 1.29 is 4.74 Å². The van der Waals surface area contributed by atoms with Crippen LogP contribution in [0.2, 0.25) is 0 Å². The molecular weight excluding hydrogens is 306 g/mol. The molecule has 0 bridgehead atoms. The van der Waals surface area contributed by atoms with Gasteiger partial charge in [0.1, 0.15) is 0 Å². The monoisotopic (exact) mass is 321 g/mol. The van der Waals surface area contributed by atoms with E-state index in [1.165, 1.54) is 5.56 Å². The third kappa shape index (κ3) is 3.92. The molecule has 0 saturated heterocycles. The Bertz CT molecular complexity index is 530. The Morgan fingerprint density at radius 3 is 2.68 bits per heavy atom. The summed E-state index contributed by atoms with van der Waals surface area (Å²) < 4.78 is 6.42. The Hall–Kier alpha value is -1.62. The third-order valence-corrected chi connectivity index (χ3v) is 3.17. The molecule has 2 rings (SSSR count). The van der Waals surface area contributed by atoms with Gasteiger partial charge in [-0.2, -0.15) is 4.98 Å². The molecule has 1 aromatic heterocycles. The summed E-state index contributed by atoms with van der Waals surface area (Å²) in [5, 5.41) is 3.26. The van der Waals surface area contributed by atoms with Crippen LogP contribution >= 0.6 is 15.9 Å². The molecule has 0 aliphatic carbocycles. The predicted molar refractivity (Wildman–Crippen MR) is 79.4 cm³/mol. The van der Waals surface area contributed by atoms with Crippen LogP contribution < -0.4 is 10.1 Å². The summed E-state index contributed by atoms with van der Waals surface area (Å²) in [7, 11) is 0. The van der Waals surface area contributed by atoms with Gasteiger partial charge < -0.3 is 10.1 Å². The second kappa shape index (κ2) is 6.52. The molecule has 1 aromatic carbocycles. The van der Waals surface area contributed by atoms with E-state index in [1.54, 1.807) is 12.3 Å². The lowest BCUT2D eigenvalue weighted by atomic mass is 10.1. The van der Waals surface area contributed by atoms with E-state index in [-0.39, 0.29) is 6.04 Å². The van der Waals surface area contributed by atoms with E-state index < -0.39 is 0 Å². The van der Waals surface area contributed by atoms with Crippen molar-refractivity contribution in [2.75, 3.05) is 11.9 Å². The van der Waals surface area contributed by atoms with Gasteiger partial charge in [0, 0.05) is 16.7 Å². The normalized spacial score (nSPS) is 11.9. The number of halogens is 1. The number of rotatable bonds is 5. The lowest BCUT2D eigenvalue weighted by molar-refractivity contribution is 0.326. The zero-order valence-corrected chi connectivity index (χ0v) is 12.5. The molecule has 0 radical (unpaired) electrons. The van der Waals surface area contributed by atoms with E-state index in [9.17, 15) is 0 Å². The summed E-state index contributed by atoms with van der Waals surface area (Å²) in [5.74, 6) is 1.16. The largest absolute Gasteiger partial charge is 0.478 e. The molecule has 0 aliphatic heterocycles. The summed E-state index contributed by atoms with van der Waals surface area (Å²) in [6, 6.07) is 10.0. The highest BCUT2D eigenvalue weighted by atomic mass is 79.9. The van der Waals surface area contributed by atoms with Crippen LogP contribution in [0.5, 0.6) is 5.88 Å². The van der Waals surface area contributed by atoms with Gasteiger partial charge in [0.2, 0.25) is 11.8 Å². The van der Waals surface area contributed by atoms with E-state index >= 15 is 0 Å². The van der Waals surface area contributed by atoms with Crippen LogP contribution in [0.15, 0.2) is 41.0 Å². The Morgan fingerprint density at radius 2 is 2.00 bits per heavy atom. The van der Waals surface area contributed by atoms with E-state index in [0.717, 1.165) is 4.47 Å². The first-order chi connectivity index (χ1) is 9.19. The van der Waals surface area contributed by atoms with Crippen molar-refractivity contribution in [1.82, 2.24) is 9.97 Å². The first-order valence-electron chi connectivity index (χ1n) is 6.17. The summed E-state index contributed by atoms with van der Waals surface area (Å²) in [6.45, 7) is 4.60. The third-order valence-electron chi connectivity index (χ3n) is 2.64. The number of anilines is 1. The number of nitrogens with zero attached hydrogens (tertiary/aromatic N) is 2. The van der Waals surface area contributed by atoms with Crippen LogP contribution in [-0.2, 0) is 0 Å². The fourth-order valence-electron chi connectivity index (χ4n) is 1.67. The van der Waals surface area contributed by atoms with E-state index in [2.05, 4.69) is 50.3 Å². The molecule has 0 saturated carbocycles. The Kier molecular flexibility index (Phi) is 4.74. The minimum atomic E-state index is 0.130. The van der Waals surface area contributed by atoms with Crippen LogP contribution in [-0.4, -0.2) is 16.6 Å². The zero-order valence-electron chi connectivity index (χ0n) is 10.9. The van der Waals surface area contributed by atoms with Gasteiger partial charge in [-0.1, -0.05) is 28.1 Å². The molecular formula is C14H16BrN3O. The minimum Gasteiger partial charge on any atom is -0.478 e. The average molecular weight is 322 g/mol. The van der Waals surface area contributed by atoms with Crippen LogP contribution in [0.1, 0.15) is 25.5 Å². The Morgan fingerprint density at radius 1 is 1.26 bits per heavy atom. The smallest absolute Gasteiger partial charge is 0.226 e. The molecule has 19 heavy (non-hydrogen) atoms. The number of hydrogen-bond donors (Lipinski definition) is 1. The molecule has 1 heterocycles. The molecule has 100 valence electrons. The maximum atomic E-state index is 5.35. The zero-order chi connectivity index (χ0) is 13.7. The van der Waals surface area contributed by atoms with Gasteiger partial charge in [-0.15, -0.1) is 0 Å². The molecule has 2 aromatic rings. The molecule has 5 heteroatoms. The standard InChI is InChI=1S/C14H16BrN3O/c1-3-19-13-8-9-16-14(18-13)17-10(2)11-4-6-12(15)7-5-11/h4-10H,3H2,1-2H3,(H,16,17,18). The molecule has 4 nitrogen and oxygen atoms in total. The number of ether oxygens (including phenoxy) is 1. The first-order valence-corrected chi connectivity index (χ1v) is 6.96. The molecule has 1 unspecified atom stereocenters. The SMILES string of the molecule is CCOc1ccnc(NC(C)c2ccc(Br)cc2)n1.